The van der Waals surface area contributed by atoms with Crippen LogP contribution in [0.15, 0.2) is 42.5 Å². The van der Waals surface area contributed by atoms with Gasteiger partial charge in [-0.1, -0.05) is 56.7 Å². The molecule has 0 unspecified atom stereocenters. The van der Waals surface area contributed by atoms with Gasteiger partial charge in [0.25, 0.3) is 11.8 Å². The molecule has 166 valence electrons. The number of hydrogen-bond donors (Lipinski definition) is 1. The van der Waals surface area contributed by atoms with Crippen molar-refractivity contribution in [2.75, 3.05) is 19.7 Å². The van der Waals surface area contributed by atoms with E-state index < -0.39 is 0 Å². The second-order valence-electron chi connectivity index (χ2n) is 9.49. The minimum Gasteiger partial charge on any atom is -0.483 e. The molecule has 2 aromatic rings. The highest BCUT2D eigenvalue weighted by atomic mass is 16.5. The number of rotatable bonds is 5. The van der Waals surface area contributed by atoms with Crippen molar-refractivity contribution in [2.45, 2.75) is 58.9 Å². The van der Waals surface area contributed by atoms with Gasteiger partial charge in [-0.2, -0.15) is 0 Å². The van der Waals surface area contributed by atoms with Gasteiger partial charge in [0.05, 0.1) is 0 Å². The van der Waals surface area contributed by atoms with Crippen LogP contribution in [-0.4, -0.2) is 42.5 Å². The molecular formula is C26H34N2O3. The van der Waals surface area contributed by atoms with Gasteiger partial charge in [-0.15, -0.1) is 0 Å². The fraction of sp³-hybridized carbons (Fsp3) is 0.462. The lowest BCUT2D eigenvalue weighted by molar-refractivity contribution is -0.124. The predicted molar refractivity (Wildman–Crippen MR) is 124 cm³/mol. The Morgan fingerprint density at radius 3 is 2.39 bits per heavy atom. The van der Waals surface area contributed by atoms with Crippen molar-refractivity contribution >= 4 is 11.8 Å². The first-order chi connectivity index (χ1) is 14.6. The Labute approximate surface area is 185 Å². The van der Waals surface area contributed by atoms with Gasteiger partial charge < -0.3 is 15.0 Å². The molecule has 5 nitrogen and oxygen atoms in total. The maximum Gasteiger partial charge on any atom is 0.258 e. The highest BCUT2D eigenvalue weighted by Gasteiger charge is 2.26. The van der Waals surface area contributed by atoms with Crippen LogP contribution in [0, 0.1) is 13.8 Å². The van der Waals surface area contributed by atoms with Gasteiger partial charge in [-0.05, 0) is 55.4 Å². The lowest BCUT2D eigenvalue weighted by Crippen LogP contribution is -2.47. The molecule has 1 heterocycles. The minimum atomic E-state index is -0.121. The van der Waals surface area contributed by atoms with E-state index in [9.17, 15) is 9.59 Å². The van der Waals surface area contributed by atoms with E-state index in [2.05, 4.69) is 39.1 Å². The van der Waals surface area contributed by atoms with Gasteiger partial charge >= 0.3 is 0 Å². The second kappa shape index (κ2) is 9.54. The monoisotopic (exact) mass is 422 g/mol. The average molecular weight is 423 g/mol. The van der Waals surface area contributed by atoms with Gasteiger partial charge in [0, 0.05) is 24.7 Å². The predicted octanol–water partition coefficient (Wildman–Crippen LogP) is 4.40. The van der Waals surface area contributed by atoms with Crippen molar-refractivity contribution in [2.24, 2.45) is 0 Å². The maximum atomic E-state index is 12.8. The summed E-state index contributed by atoms with van der Waals surface area (Å²) in [7, 11) is 0. The Hall–Kier alpha value is -2.82. The molecule has 3 rings (SSSR count). The Morgan fingerprint density at radius 2 is 1.74 bits per heavy atom. The zero-order valence-corrected chi connectivity index (χ0v) is 19.3. The highest BCUT2D eigenvalue weighted by molar-refractivity contribution is 5.95. The molecule has 1 saturated heterocycles. The number of amides is 2. The summed E-state index contributed by atoms with van der Waals surface area (Å²) in [6.07, 6.45) is 1.50. The molecule has 1 N–H and O–H groups in total. The van der Waals surface area contributed by atoms with Gasteiger partial charge in [0.2, 0.25) is 0 Å². The SMILES string of the molecule is Cc1ccc(OCC(=O)NC2CCN(C(=O)c3ccccc3C)CC2)c(C(C)(C)C)c1. The summed E-state index contributed by atoms with van der Waals surface area (Å²) in [6.45, 7) is 11.7. The normalized spacial score (nSPS) is 14.9. The van der Waals surface area contributed by atoms with Crippen LogP contribution in [0.25, 0.3) is 0 Å². The number of piperidine rings is 1. The molecular weight excluding hydrogens is 388 g/mol. The summed E-state index contributed by atoms with van der Waals surface area (Å²) < 4.78 is 5.88. The van der Waals surface area contributed by atoms with E-state index >= 15 is 0 Å². The number of carbonyl (C=O) groups is 2. The van der Waals surface area contributed by atoms with Crippen LogP contribution < -0.4 is 10.1 Å². The summed E-state index contributed by atoms with van der Waals surface area (Å²) in [5.74, 6) is 0.705. The van der Waals surface area contributed by atoms with Crippen LogP contribution in [0.4, 0.5) is 0 Å². The fourth-order valence-electron chi connectivity index (χ4n) is 3.98. The van der Waals surface area contributed by atoms with E-state index in [1.165, 1.54) is 5.56 Å². The zero-order chi connectivity index (χ0) is 22.6. The minimum absolute atomic E-state index is 0.00546. The van der Waals surface area contributed by atoms with E-state index in [-0.39, 0.29) is 29.9 Å². The Kier molecular flexibility index (Phi) is 7.04. The van der Waals surface area contributed by atoms with Crippen LogP contribution in [0.1, 0.15) is 60.7 Å². The summed E-state index contributed by atoms with van der Waals surface area (Å²) in [5, 5.41) is 3.07. The van der Waals surface area contributed by atoms with Crippen molar-refractivity contribution in [3.8, 4) is 5.75 Å². The Balaban J connectivity index is 1.50. The van der Waals surface area contributed by atoms with Crippen molar-refractivity contribution in [1.29, 1.82) is 0 Å². The molecule has 0 aromatic heterocycles. The fourth-order valence-corrected chi connectivity index (χ4v) is 3.98. The largest absolute Gasteiger partial charge is 0.483 e. The van der Waals surface area contributed by atoms with Gasteiger partial charge in [-0.3, -0.25) is 9.59 Å². The first-order valence-electron chi connectivity index (χ1n) is 11.0. The van der Waals surface area contributed by atoms with Crippen LogP contribution in [0.2, 0.25) is 0 Å². The van der Waals surface area contributed by atoms with Crippen LogP contribution in [0.3, 0.4) is 0 Å². The standard InChI is InChI=1S/C26H34N2O3/c1-18-10-11-23(22(16-18)26(3,4)5)31-17-24(29)27-20-12-14-28(15-13-20)25(30)21-9-7-6-8-19(21)2/h6-11,16,20H,12-15,17H2,1-5H3,(H,27,29). The summed E-state index contributed by atoms with van der Waals surface area (Å²) in [4.78, 5) is 27.1. The summed E-state index contributed by atoms with van der Waals surface area (Å²) in [6, 6.07) is 13.8. The van der Waals surface area contributed by atoms with Crippen molar-refractivity contribution in [3.63, 3.8) is 0 Å². The maximum absolute atomic E-state index is 12.8. The number of likely N-dealkylation sites (tertiary alicyclic amines) is 1. The van der Waals surface area contributed by atoms with Crippen molar-refractivity contribution in [3.05, 3.63) is 64.7 Å². The molecule has 2 amide bonds. The first kappa shape index (κ1) is 22.9. The molecule has 1 aliphatic rings. The van der Waals surface area contributed by atoms with Crippen LogP contribution in [-0.2, 0) is 10.2 Å². The molecule has 0 saturated carbocycles. The molecule has 1 fully saturated rings. The number of carbonyl (C=O) groups excluding carboxylic acids is 2. The van der Waals surface area contributed by atoms with E-state index in [1.807, 2.05) is 48.2 Å². The van der Waals surface area contributed by atoms with E-state index in [4.69, 9.17) is 4.74 Å². The third kappa shape index (κ3) is 5.87. The smallest absolute Gasteiger partial charge is 0.258 e. The number of benzene rings is 2. The van der Waals surface area contributed by atoms with Crippen molar-refractivity contribution < 1.29 is 14.3 Å². The van der Waals surface area contributed by atoms with E-state index in [0.717, 1.165) is 35.3 Å². The average Bonchev–Trinajstić information content (AvgIpc) is 2.72. The van der Waals surface area contributed by atoms with Crippen molar-refractivity contribution in [1.82, 2.24) is 10.2 Å². The third-order valence-corrected chi connectivity index (χ3v) is 5.82. The lowest BCUT2D eigenvalue weighted by Gasteiger charge is -2.32. The zero-order valence-electron chi connectivity index (χ0n) is 19.3. The van der Waals surface area contributed by atoms with Gasteiger partial charge in [0.1, 0.15) is 5.75 Å². The molecule has 0 aliphatic carbocycles. The number of aryl methyl sites for hydroxylation is 2. The number of nitrogens with zero attached hydrogens (tertiary/aromatic N) is 1. The van der Waals surface area contributed by atoms with Gasteiger partial charge in [0.15, 0.2) is 6.61 Å². The molecule has 1 aliphatic heterocycles. The summed E-state index contributed by atoms with van der Waals surface area (Å²) >= 11 is 0. The topological polar surface area (TPSA) is 58.6 Å². The molecule has 2 aromatic carbocycles. The first-order valence-corrected chi connectivity index (χ1v) is 11.0. The Morgan fingerprint density at radius 1 is 1.06 bits per heavy atom. The lowest BCUT2D eigenvalue weighted by atomic mass is 9.85. The van der Waals surface area contributed by atoms with Crippen LogP contribution >= 0.6 is 0 Å². The second-order valence-corrected chi connectivity index (χ2v) is 9.49. The molecule has 31 heavy (non-hydrogen) atoms. The molecule has 0 bridgehead atoms. The van der Waals surface area contributed by atoms with E-state index in [0.29, 0.717) is 13.1 Å². The molecule has 5 heteroatoms. The summed E-state index contributed by atoms with van der Waals surface area (Å²) in [5.41, 5.74) is 3.96. The highest BCUT2D eigenvalue weighted by Crippen LogP contribution is 2.32. The van der Waals surface area contributed by atoms with Gasteiger partial charge in [-0.25, -0.2) is 0 Å². The molecule has 0 radical (unpaired) electrons. The Bertz CT molecular complexity index is 938. The number of nitrogens with one attached hydrogen (secondary N) is 1. The third-order valence-electron chi connectivity index (χ3n) is 5.82. The molecule has 0 spiro atoms. The number of hydrogen-bond acceptors (Lipinski definition) is 3. The quantitative estimate of drug-likeness (QED) is 0.777. The molecule has 0 atom stereocenters. The van der Waals surface area contributed by atoms with E-state index in [1.54, 1.807) is 0 Å². The number of ether oxygens (including phenoxy) is 1. The van der Waals surface area contributed by atoms with Crippen LogP contribution in [0.5, 0.6) is 5.75 Å².